The Bertz CT molecular complexity index is 573. The van der Waals surface area contributed by atoms with Crippen LogP contribution in [0, 0.1) is 17.0 Å². The molecule has 0 spiro atoms. The van der Waals surface area contributed by atoms with E-state index in [-0.39, 0.29) is 6.61 Å². The molecule has 0 aliphatic heterocycles. The molecule has 0 saturated heterocycles. The maximum atomic E-state index is 14.2. The number of ether oxygens (including phenoxy) is 1. The van der Waals surface area contributed by atoms with Gasteiger partial charge in [-0.3, -0.25) is 5.41 Å². The van der Waals surface area contributed by atoms with E-state index in [4.69, 9.17) is 14.6 Å². The molecule has 0 aliphatic rings. The molecule has 1 aromatic rings. The van der Waals surface area contributed by atoms with Gasteiger partial charge in [0.05, 0.1) is 6.61 Å². The van der Waals surface area contributed by atoms with Gasteiger partial charge in [0, 0.05) is 6.61 Å². The fourth-order valence-corrected chi connectivity index (χ4v) is 9.50. The van der Waals surface area contributed by atoms with Crippen molar-refractivity contribution in [3.8, 4) is 0 Å². The number of rotatable bonds is 9. The Hall–Kier alpha value is -1.27. The van der Waals surface area contributed by atoms with Gasteiger partial charge in [-0.25, -0.2) is 8.78 Å². The summed E-state index contributed by atoms with van der Waals surface area (Å²) in [6.45, 7) is 15.6. The minimum absolute atomic E-state index is 0.194. The molecule has 148 valence electrons. The van der Waals surface area contributed by atoms with Crippen molar-refractivity contribution < 1.29 is 17.9 Å². The lowest BCUT2D eigenvalue weighted by Crippen LogP contribution is -2.48. The van der Waals surface area contributed by atoms with E-state index in [2.05, 4.69) is 41.5 Å². The lowest BCUT2D eigenvalue weighted by Gasteiger charge is -2.42. The number of hydrogen-bond acceptors (Lipinski definition) is 3. The largest absolute Gasteiger partial charge is 0.478 e. The first-order valence-electron chi connectivity index (χ1n) is 9.41. The number of nitrogens with one attached hydrogen (secondary N) is 1. The van der Waals surface area contributed by atoms with Crippen LogP contribution in [0.2, 0.25) is 16.6 Å². The molecule has 1 N–H and O–H groups in total. The zero-order chi connectivity index (χ0) is 20.1. The van der Waals surface area contributed by atoms with Gasteiger partial charge in [0.25, 0.3) is 0 Å². The fourth-order valence-electron chi connectivity index (χ4n) is 4.05. The van der Waals surface area contributed by atoms with Crippen LogP contribution in [0.4, 0.5) is 8.78 Å². The number of hydrogen-bond donors (Lipinski definition) is 1. The Morgan fingerprint density at radius 3 is 1.85 bits per heavy atom. The van der Waals surface area contributed by atoms with E-state index in [0.29, 0.717) is 35.2 Å². The highest BCUT2D eigenvalue weighted by molar-refractivity contribution is 6.77. The SMILES string of the molecule is CCOC(=N)c1c(F)cc(CCO[Si](C(C)C)(C(C)C)C(C)C)cc1F. The molecule has 0 aliphatic carbocycles. The van der Waals surface area contributed by atoms with Crippen molar-refractivity contribution >= 4 is 14.2 Å². The quantitative estimate of drug-likeness (QED) is 0.319. The van der Waals surface area contributed by atoms with Gasteiger partial charge in [0.15, 0.2) is 8.32 Å². The summed E-state index contributed by atoms with van der Waals surface area (Å²) in [5.41, 5.74) is 1.51. The molecule has 0 heterocycles. The first-order chi connectivity index (χ1) is 12.1. The average Bonchev–Trinajstić information content (AvgIpc) is 2.50. The van der Waals surface area contributed by atoms with Crippen molar-refractivity contribution in [1.29, 1.82) is 5.41 Å². The number of benzene rings is 1. The molecule has 1 aromatic carbocycles. The van der Waals surface area contributed by atoms with Crippen LogP contribution in [0.25, 0.3) is 0 Å². The summed E-state index contributed by atoms with van der Waals surface area (Å²) < 4.78 is 39.8. The van der Waals surface area contributed by atoms with E-state index >= 15 is 0 Å². The molecule has 0 amide bonds. The van der Waals surface area contributed by atoms with Gasteiger partial charge < -0.3 is 9.16 Å². The summed E-state index contributed by atoms with van der Waals surface area (Å²) in [6.07, 6.45) is 0.441. The summed E-state index contributed by atoms with van der Waals surface area (Å²) in [4.78, 5) is 0. The lowest BCUT2D eigenvalue weighted by atomic mass is 10.1. The molecule has 3 nitrogen and oxygen atoms in total. The van der Waals surface area contributed by atoms with E-state index in [0.717, 1.165) is 0 Å². The smallest absolute Gasteiger partial charge is 0.219 e. The van der Waals surface area contributed by atoms with Crippen LogP contribution in [0.3, 0.4) is 0 Å². The molecule has 0 bridgehead atoms. The second-order valence-corrected chi connectivity index (χ2v) is 13.1. The predicted molar refractivity (Wildman–Crippen MR) is 106 cm³/mol. The molecule has 26 heavy (non-hydrogen) atoms. The molecule has 1 rings (SSSR count). The molecule has 0 radical (unpaired) electrons. The second-order valence-electron chi connectivity index (χ2n) is 7.61. The van der Waals surface area contributed by atoms with Crippen molar-refractivity contribution in [3.63, 3.8) is 0 Å². The van der Waals surface area contributed by atoms with Gasteiger partial charge in [-0.2, -0.15) is 0 Å². The Morgan fingerprint density at radius 2 is 1.46 bits per heavy atom. The Labute approximate surface area is 157 Å². The molecule has 0 atom stereocenters. The van der Waals surface area contributed by atoms with Crippen LogP contribution in [0.15, 0.2) is 12.1 Å². The van der Waals surface area contributed by atoms with Gasteiger partial charge in [-0.05, 0) is 47.7 Å². The summed E-state index contributed by atoms with van der Waals surface area (Å²) >= 11 is 0. The third kappa shape index (κ3) is 4.91. The summed E-state index contributed by atoms with van der Waals surface area (Å²) in [5.74, 6) is -2.01. The molecular weight excluding hydrogens is 352 g/mol. The van der Waals surface area contributed by atoms with E-state index in [9.17, 15) is 8.78 Å². The highest BCUT2D eigenvalue weighted by Crippen LogP contribution is 2.42. The summed E-state index contributed by atoms with van der Waals surface area (Å²) in [6, 6.07) is 2.55. The maximum Gasteiger partial charge on any atom is 0.219 e. The normalized spacial score (nSPS) is 12.3. The highest BCUT2D eigenvalue weighted by atomic mass is 28.4. The predicted octanol–water partition coefficient (Wildman–Crippen LogP) is 6.06. The Kier molecular flexibility index (Phi) is 8.41. The van der Waals surface area contributed by atoms with Gasteiger partial charge >= 0.3 is 0 Å². The highest BCUT2D eigenvalue weighted by Gasteiger charge is 2.44. The standard InChI is InChI=1S/C20H33F2NO2Si/c1-8-24-20(23)19-17(21)11-16(12-18(19)22)9-10-25-26(13(2)3,14(4)5)15(6)7/h11-15,23H,8-10H2,1-7H3. The summed E-state index contributed by atoms with van der Waals surface area (Å²) in [7, 11) is -1.99. The molecule has 0 fully saturated rings. The average molecular weight is 386 g/mol. The molecule has 0 unspecified atom stereocenters. The van der Waals surface area contributed by atoms with Crippen LogP contribution in [-0.2, 0) is 15.6 Å². The van der Waals surface area contributed by atoms with Crippen LogP contribution in [-0.4, -0.2) is 27.4 Å². The van der Waals surface area contributed by atoms with Crippen molar-refractivity contribution in [3.05, 3.63) is 34.9 Å². The van der Waals surface area contributed by atoms with E-state index < -0.39 is 31.4 Å². The van der Waals surface area contributed by atoms with Crippen LogP contribution in [0.5, 0.6) is 0 Å². The van der Waals surface area contributed by atoms with Gasteiger partial charge in [0.1, 0.15) is 17.2 Å². The minimum atomic E-state index is -1.99. The zero-order valence-electron chi connectivity index (χ0n) is 17.1. The zero-order valence-corrected chi connectivity index (χ0v) is 18.1. The van der Waals surface area contributed by atoms with Crippen LogP contribution in [0.1, 0.15) is 59.6 Å². The lowest BCUT2D eigenvalue weighted by molar-refractivity contribution is 0.281. The first-order valence-corrected chi connectivity index (χ1v) is 11.5. The van der Waals surface area contributed by atoms with Gasteiger partial charge in [-0.15, -0.1) is 0 Å². The molecule has 0 saturated carbocycles. The van der Waals surface area contributed by atoms with E-state index in [1.807, 2.05) is 0 Å². The van der Waals surface area contributed by atoms with Crippen LogP contribution < -0.4 is 0 Å². The number of halogens is 2. The van der Waals surface area contributed by atoms with E-state index in [1.54, 1.807) is 6.92 Å². The third-order valence-electron chi connectivity index (χ3n) is 5.07. The van der Waals surface area contributed by atoms with Gasteiger partial charge in [-0.1, -0.05) is 41.5 Å². The third-order valence-corrected chi connectivity index (χ3v) is 11.2. The van der Waals surface area contributed by atoms with E-state index in [1.165, 1.54) is 12.1 Å². The maximum absolute atomic E-state index is 14.2. The van der Waals surface area contributed by atoms with Crippen LogP contribution >= 0.6 is 0 Å². The van der Waals surface area contributed by atoms with Crippen molar-refractivity contribution in [1.82, 2.24) is 0 Å². The summed E-state index contributed by atoms with van der Waals surface area (Å²) in [5, 5.41) is 7.62. The van der Waals surface area contributed by atoms with Crippen molar-refractivity contribution in [2.24, 2.45) is 0 Å². The Balaban J connectivity index is 2.92. The van der Waals surface area contributed by atoms with Gasteiger partial charge in [0.2, 0.25) is 5.90 Å². The van der Waals surface area contributed by atoms with Crippen molar-refractivity contribution in [2.45, 2.75) is 71.5 Å². The molecular formula is C20H33F2NO2Si. The second kappa shape index (κ2) is 9.60. The monoisotopic (exact) mass is 385 g/mol. The first kappa shape index (κ1) is 22.8. The van der Waals surface area contributed by atoms with Crippen molar-refractivity contribution in [2.75, 3.05) is 13.2 Å². The minimum Gasteiger partial charge on any atom is -0.478 e. The fraction of sp³-hybridized carbons (Fsp3) is 0.650. The molecule has 6 heteroatoms. The molecule has 0 aromatic heterocycles. The topological polar surface area (TPSA) is 42.3 Å². The Morgan fingerprint density at radius 1 is 1.00 bits per heavy atom.